The number of carbonyl (C=O) groups is 1. The summed E-state index contributed by atoms with van der Waals surface area (Å²) in [4.78, 5) is 27.5. The lowest BCUT2D eigenvalue weighted by Gasteiger charge is -2.21. The molecule has 1 aliphatic rings. The highest BCUT2D eigenvalue weighted by Crippen LogP contribution is 2.30. The van der Waals surface area contributed by atoms with Crippen LogP contribution in [0.5, 0.6) is 0 Å². The van der Waals surface area contributed by atoms with E-state index in [2.05, 4.69) is 20.6 Å². The van der Waals surface area contributed by atoms with Gasteiger partial charge >= 0.3 is 6.03 Å². The van der Waals surface area contributed by atoms with Crippen molar-refractivity contribution in [2.24, 2.45) is 0 Å². The molecule has 2 atom stereocenters. The molecule has 4 rings (SSSR count). The molecule has 2 heterocycles. The van der Waals surface area contributed by atoms with Gasteiger partial charge in [-0.2, -0.15) is 0 Å². The number of methoxy groups -OCH3 is 1. The van der Waals surface area contributed by atoms with E-state index in [-0.39, 0.29) is 22.5 Å². The maximum absolute atomic E-state index is 14.2. The Kier molecular flexibility index (Phi) is 7.35. The number of urea groups is 1. The van der Waals surface area contributed by atoms with Crippen LogP contribution in [0, 0.1) is 12.7 Å². The number of aromatic amines is 1. The van der Waals surface area contributed by atoms with Crippen molar-refractivity contribution in [3.8, 4) is 5.69 Å². The number of aromatic nitrogens is 2. The Bertz CT molecular complexity index is 1210. The van der Waals surface area contributed by atoms with Gasteiger partial charge in [-0.15, -0.1) is 0 Å². The van der Waals surface area contributed by atoms with Crippen LogP contribution in [0.2, 0.25) is 5.02 Å². The van der Waals surface area contributed by atoms with E-state index >= 15 is 0 Å². The SMILES string of the molecule is COCCN1CC(c2ccc(Cl)c(F)c2)[C@H](NC(=O)Nc2c(C)c(=O)[nH]n2-c2ccccc2)C1. The zero-order chi connectivity index (χ0) is 24.2. The number of nitrogens with one attached hydrogen (secondary N) is 3. The second-order valence-electron chi connectivity index (χ2n) is 8.32. The summed E-state index contributed by atoms with van der Waals surface area (Å²) in [6.07, 6.45) is 0. The Morgan fingerprint density at radius 2 is 2.00 bits per heavy atom. The molecule has 8 nitrogen and oxygen atoms in total. The molecule has 34 heavy (non-hydrogen) atoms. The Hall–Kier alpha value is -3.14. The molecule has 1 saturated heterocycles. The molecule has 2 amide bonds. The van der Waals surface area contributed by atoms with Crippen LogP contribution in [-0.4, -0.2) is 60.1 Å². The minimum absolute atomic E-state index is 0.0575. The van der Waals surface area contributed by atoms with E-state index in [9.17, 15) is 14.0 Å². The number of carbonyl (C=O) groups excluding carboxylic acids is 1. The fraction of sp³-hybridized carbons (Fsp3) is 0.333. The second kappa shape index (κ2) is 10.4. The van der Waals surface area contributed by atoms with E-state index in [0.717, 1.165) is 5.56 Å². The molecule has 10 heteroatoms. The Morgan fingerprint density at radius 1 is 1.24 bits per heavy atom. The minimum atomic E-state index is -0.493. The standard InChI is InChI=1S/C24H27ClFN5O3/c1-15-22(31(29-23(15)32)17-6-4-3-5-7-17)28-24(33)27-21-14-30(10-11-34-2)13-18(21)16-8-9-19(25)20(26)12-16/h3-9,12,18,21H,10-11,13-14H2,1-2H3,(H,29,32)(H2,27,28,33)/t18?,21-/m1/s1. The van der Waals surface area contributed by atoms with Gasteiger partial charge in [0, 0.05) is 32.7 Å². The van der Waals surface area contributed by atoms with Crippen LogP contribution in [0.4, 0.5) is 15.0 Å². The maximum Gasteiger partial charge on any atom is 0.320 e. The van der Waals surface area contributed by atoms with Crippen LogP contribution in [0.1, 0.15) is 17.0 Å². The number of likely N-dealkylation sites (tertiary alicyclic amines) is 1. The predicted molar refractivity (Wildman–Crippen MR) is 130 cm³/mol. The van der Waals surface area contributed by atoms with Gasteiger partial charge in [0.15, 0.2) is 0 Å². The average Bonchev–Trinajstić information content (AvgIpc) is 3.35. The molecule has 180 valence electrons. The fourth-order valence-electron chi connectivity index (χ4n) is 4.26. The van der Waals surface area contributed by atoms with Gasteiger partial charge in [-0.1, -0.05) is 35.9 Å². The Labute approximate surface area is 201 Å². The van der Waals surface area contributed by atoms with Crippen molar-refractivity contribution >= 4 is 23.4 Å². The lowest BCUT2D eigenvalue weighted by molar-refractivity contribution is 0.159. The van der Waals surface area contributed by atoms with Crippen LogP contribution < -0.4 is 16.2 Å². The van der Waals surface area contributed by atoms with Crippen molar-refractivity contribution < 1.29 is 13.9 Å². The lowest BCUT2D eigenvalue weighted by Crippen LogP contribution is -2.42. The molecular weight excluding hydrogens is 461 g/mol. The Morgan fingerprint density at radius 3 is 2.71 bits per heavy atom. The van der Waals surface area contributed by atoms with Gasteiger partial charge in [0.05, 0.1) is 28.9 Å². The zero-order valence-electron chi connectivity index (χ0n) is 19.0. The molecule has 3 aromatic rings. The number of ether oxygens (including phenoxy) is 1. The fourth-order valence-corrected chi connectivity index (χ4v) is 4.38. The predicted octanol–water partition coefficient (Wildman–Crippen LogP) is 3.50. The smallest absolute Gasteiger partial charge is 0.320 e. The van der Waals surface area contributed by atoms with E-state index in [1.165, 1.54) is 12.1 Å². The second-order valence-corrected chi connectivity index (χ2v) is 8.73. The molecular formula is C24H27ClFN5O3. The van der Waals surface area contributed by atoms with Crippen molar-refractivity contribution in [2.45, 2.75) is 18.9 Å². The van der Waals surface area contributed by atoms with E-state index in [1.54, 1.807) is 24.8 Å². The molecule has 0 aliphatic carbocycles. The van der Waals surface area contributed by atoms with Gasteiger partial charge in [0.2, 0.25) is 0 Å². The third kappa shape index (κ3) is 5.16. The summed E-state index contributed by atoms with van der Waals surface area (Å²) in [6, 6.07) is 13.2. The number of H-pyrrole nitrogens is 1. The van der Waals surface area contributed by atoms with E-state index in [0.29, 0.717) is 43.3 Å². The molecule has 1 aromatic heterocycles. The normalized spacial score (nSPS) is 18.2. The van der Waals surface area contributed by atoms with Crippen LogP contribution in [0.15, 0.2) is 53.3 Å². The summed E-state index contributed by atoms with van der Waals surface area (Å²) in [5, 5.41) is 8.64. The van der Waals surface area contributed by atoms with Crippen molar-refractivity contribution in [1.29, 1.82) is 0 Å². The molecule has 0 spiro atoms. The van der Waals surface area contributed by atoms with Crippen LogP contribution in [0.25, 0.3) is 5.69 Å². The quantitative estimate of drug-likeness (QED) is 0.475. The third-order valence-corrected chi connectivity index (χ3v) is 6.38. The first kappa shape index (κ1) is 24.0. The first-order valence-corrected chi connectivity index (χ1v) is 11.4. The van der Waals surface area contributed by atoms with Gasteiger partial charge in [0.1, 0.15) is 11.6 Å². The number of hydrogen-bond acceptors (Lipinski definition) is 4. The molecule has 3 N–H and O–H groups in total. The van der Waals surface area contributed by atoms with Crippen LogP contribution in [0.3, 0.4) is 0 Å². The molecule has 2 aromatic carbocycles. The van der Waals surface area contributed by atoms with Gasteiger partial charge in [-0.3, -0.25) is 20.1 Å². The first-order valence-electron chi connectivity index (χ1n) is 11.0. The number of anilines is 1. The molecule has 0 radical (unpaired) electrons. The van der Waals surface area contributed by atoms with Gasteiger partial charge < -0.3 is 10.1 Å². The van der Waals surface area contributed by atoms with Crippen molar-refractivity contribution in [3.05, 3.63) is 80.9 Å². The molecule has 1 aliphatic heterocycles. The lowest BCUT2D eigenvalue weighted by atomic mass is 9.94. The van der Waals surface area contributed by atoms with E-state index in [1.807, 2.05) is 30.3 Å². The number of rotatable bonds is 7. The summed E-state index contributed by atoms with van der Waals surface area (Å²) in [7, 11) is 1.64. The topological polar surface area (TPSA) is 91.4 Å². The third-order valence-electron chi connectivity index (χ3n) is 6.07. The van der Waals surface area contributed by atoms with Gasteiger partial charge in [-0.05, 0) is 36.8 Å². The highest BCUT2D eigenvalue weighted by molar-refractivity contribution is 6.30. The highest BCUT2D eigenvalue weighted by Gasteiger charge is 2.35. The number of halogens is 2. The number of hydrogen-bond donors (Lipinski definition) is 3. The summed E-state index contributed by atoms with van der Waals surface area (Å²) in [5.41, 5.74) is 1.57. The average molecular weight is 488 g/mol. The first-order chi connectivity index (χ1) is 16.4. The maximum atomic E-state index is 14.2. The highest BCUT2D eigenvalue weighted by atomic mass is 35.5. The summed E-state index contributed by atoms with van der Waals surface area (Å²) in [5.74, 6) is -0.275. The number of benzene rings is 2. The number of para-hydroxylation sites is 1. The summed E-state index contributed by atoms with van der Waals surface area (Å²) >= 11 is 5.87. The van der Waals surface area contributed by atoms with Crippen molar-refractivity contribution in [3.63, 3.8) is 0 Å². The van der Waals surface area contributed by atoms with Crippen LogP contribution >= 0.6 is 11.6 Å². The number of nitrogens with zero attached hydrogens (tertiary/aromatic N) is 2. The summed E-state index contributed by atoms with van der Waals surface area (Å²) in [6.45, 7) is 4.09. The van der Waals surface area contributed by atoms with Crippen molar-refractivity contribution in [2.75, 3.05) is 38.7 Å². The molecule has 1 fully saturated rings. The zero-order valence-corrected chi connectivity index (χ0v) is 19.7. The van der Waals surface area contributed by atoms with E-state index < -0.39 is 11.8 Å². The van der Waals surface area contributed by atoms with Gasteiger partial charge in [0.25, 0.3) is 5.56 Å². The van der Waals surface area contributed by atoms with Gasteiger partial charge in [-0.25, -0.2) is 13.9 Å². The largest absolute Gasteiger partial charge is 0.383 e. The molecule has 0 saturated carbocycles. The molecule has 1 unspecified atom stereocenters. The summed E-state index contributed by atoms with van der Waals surface area (Å²) < 4.78 is 20.9. The monoisotopic (exact) mass is 487 g/mol. The van der Waals surface area contributed by atoms with Crippen molar-refractivity contribution in [1.82, 2.24) is 20.0 Å². The van der Waals surface area contributed by atoms with E-state index in [4.69, 9.17) is 16.3 Å². The Balaban J connectivity index is 1.55. The number of amides is 2. The minimum Gasteiger partial charge on any atom is -0.383 e. The van der Waals surface area contributed by atoms with Crippen LogP contribution in [-0.2, 0) is 4.74 Å². The molecule has 0 bridgehead atoms.